The van der Waals surface area contributed by atoms with E-state index in [2.05, 4.69) is 44.8 Å². The van der Waals surface area contributed by atoms with E-state index in [0.717, 1.165) is 37.0 Å². The number of benzene rings is 1. The van der Waals surface area contributed by atoms with Gasteiger partial charge in [0.2, 0.25) is 0 Å². The number of aryl methyl sites for hydroxylation is 2. The average molecular weight is 466 g/mol. The van der Waals surface area contributed by atoms with Crippen LogP contribution >= 0.6 is 27.3 Å². The fraction of sp³-hybridized carbons (Fsp3) is 0.211. The molecule has 5 nitrogen and oxygen atoms in total. The van der Waals surface area contributed by atoms with Crippen molar-refractivity contribution in [2.75, 3.05) is 6.54 Å². The third-order valence-corrected chi connectivity index (χ3v) is 6.00. The number of hydrogen-bond donors (Lipinski definition) is 1. The maximum absolute atomic E-state index is 13.0. The minimum Gasteiger partial charge on any atom is -1.00 e. The normalized spacial score (nSPS) is 11.1. The molecule has 3 N–H and O–H groups in total. The number of fused-ring (bicyclic) bond motifs is 3. The van der Waals surface area contributed by atoms with Gasteiger partial charge in [0.05, 0.1) is 18.6 Å². The van der Waals surface area contributed by atoms with Crippen molar-refractivity contribution in [3.05, 3.63) is 56.7 Å². The molecule has 4 rings (SSSR count). The van der Waals surface area contributed by atoms with Gasteiger partial charge in [-0.2, -0.15) is 0 Å². The molecule has 27 heavy (non-hydrogen) atoms. The second kappa shape index (κ2) is 7.67. The minimum atomic E-state index is -0.00133. The van der Waals surface area contributed by atoms with Crippen LogP contribution in [0.25, 0.3) is 31.6 Å². The third kappa shape index (κ3) is 3.40. The molecule has 0 fully saturated rings. The van der Waals surface area contributed by atoms with E-state index < -0.39 is 0 Å². The molecular weight excluding hydrogens is 448 g/mol. The molecule has 0 saturated carbocycles. The van der Waals surface area contributed by atoms with Gasteiger partial charge in [0.25, 0.3) is 5.56 Å². The summed E-state index contributed by atoms with van der Waals surface area (Å²) in [6, 6.07) is 10.2. The molecule has 0 saturated heterocycles. The van der Waals surface area contributed by atoms with Crippen molar-refractivity contribution in [1.29, 1.82) is 0 Å². The van der Waals surface area contributed by atoms with Gasteiger partial charge in [0.1, 0.15) is 15.4 Å². The molecule has 8 heteroatoms. The van der Waals surface area contributed by atoms with Crippen molar-refractivity contribution in [3.8, 4) is 11.1 Å². The standard InChI is InChI=1S/C19H17BrN4OS.ClH/c1-10-9-14(12-3-5-13(20)6-4-12)15-16-17(26-18(15)22-10)19(25)24(8-7-21)11(2)23-16;/h3-6,9H,7-8,21H2,1-2H3;1H. The van der Waals surface area contributed by atoms with E-state index in [4.69, 9.17) is 4.98 Å². The van der Waals surface area contributed by atoms with Crippen LogP contribution in [0.2, 0.25) is 0 Å². The lowest BCUT2D eigenvalue weighted by atomic mass is 10.0. The van der Waals surface area contributed by atoms with Gasteiger partial charge in [-0.1, -0.05) is 28.1 Å². The molecule has 0 aliphatic carbocycles. The van der Waals surface area contributed by atoms with E-state index in [1.54, 1.807) is 4.57 Å². The summed E-state index contributed by atoms with van der Waals surface area (Å²) in [6.07, 6.45) is 0. The monoisotopic (exact) mass is 464 g/mol. The van der Waals surface area contributed by atoms with Crippen LogP contribution in [0.5, 0.6) is 0 Å². The maximum atomic E-state index is 13.0. The largest absolute Gasteiger partial charge is 1.00 e. The van der Waals surface area contributed by atoms with E-state index in [0.29, 0.717) is 23.6 Å². The zero-order chi connectivity index (χ0) is 18.4. The first-order valence-corrected chi connectivity index (χ1v) is 9.97. The van der Waals surface area contributed by atoms with Crippen molar-refractivity contribution in [1.82, 2.24) is 14.5 Å². The Kier molecular flexibility index (Phi) is 5.67. The van der Waals surface area contributed by atoms with E-state index in [1.807, 2.05) is 26.0 Å². The molecule has 140 valence electrons. The van der Waals surface area contributed by atoms with E-state index in [1.165, 1.54) is 11.3 Å². The van der Waals surface area contributed by atoms with Gasteiger partial charge in [-0.25, -0.2) is 9.97 Å². The molecule has 3 heterocycles. The molecule has 0 radical (unpaired) electrons. The average Bonchev–Trinajstić information content (AvgIpc) is 2.97. The fourth-order valence-corrected chi connectivity index (χ4v) is 4.63. The Morgan fingerprint density at radius 2 is 1.89 bits per heavy atom. The highest BCUT2D eigenvalue weighted by Crippen LogP contribution is 2.37. The van der Waals surface area contributed by atoms with Crippen LogP contribution in [0.15, 0.2) is 39.6 Å². The van der Waals surface area contributed by atoms with Crippen LogP contribution in [-0.2, 0) is 6.54 Å². The molecule has 0 unspecified atom stereocenters. The molecule has 1 aromatic carbocycles. The van der Waals surface area contributed by atoms with Crippen LogP contribution in [0.1, 0.15) is 11.5 Å². The van der Waals surface area contributed by atoms with Crippen LogP contribution < -0.4 is 23.7 Å². The predicted octanol–water partition coefficient (Wildman–Crippen LogP) is 0.298. The van der Waals surface area contributed by atoms with Gasteiger partial charge >= 0.3 is 0 Å². The Bertz CT molecular complexity index is 1200. The number of quaternary nitrogens is 1. The summed E-state index contributed by atoms with van der Waals surface area (Å²) < 4.78 is 3.40. The second-order valence-corrected chi connectivity index (χ2v) is 8.16. The summed E-state index contributed by atoms with van der Waals surface area (Å²) in [4.78, 5) is 23.3. The van der Waals surface area contributed by atoms with E-state index >= 15 is 0 Å². The molecule has 0 aliphatic heterocycles. The number of rotatable bonds is 3. The zero-order valence-electron chi connectivity index (χ0n) is 14.9. The third-order valence-electron chi connectivity index (χ3n) is 4.41. The first-order valence-electron chi connectivity index (χ1n) is 8.36. The summed E-state index contributed by atoms with van der Waals surface area (Å²) in [5.74, 6) is 0.716. The van der Waals surface area contributed by atoms with Crippen molar-refractivity contribution in [2.45, 2.75) is 20.4 Å². The van der Waals surface area contributed by atoms with E-state index in [9.17, 15) is 4.79 Å². The van der Waals surface area contributed by atoms with Crippen LogP contribution in [0, 0.1) is 13.8 Å². The number of nitrogens with zero attached hydrogens (tertiary/aromatic N) is 3. The van der Waals surface area contributed by atoms with Crippen LogP contribution in [-0.4, -0.2) is 21.1 Å². The lowest BCUT2D eigenvalue weighted by Gasteiger charge is -2.08. The number of pyridine rings is 1. The van der Waals surface area contributed by atoms with Gasteiger partial charge in [-0.05, 0) is 43.2 Å². The van der Waals surface area contributed by atoms with Crippen molar-refractivity contribution in [3.63, 3.8) is 0 Å². The highest BCUT2D eigenvalue weighted by molar-refractivity contribution is 9.10. The summed E-state index contributed by atoms with van der Waals surface area (Å²) in [7, 11) is 0. The Balaban J connectivity index is 0.00000210. The maximum Gasteiger partial charge on any atom is 0.271 e. The van der Waals surface area contributed by atoms with Gasteiger partial charge in [-0.15, -0.1) is 11.3 Å². The second-order valence-electron chi connectivity index (χ2n) is 6.25. The number of aromatic nitrogens is 3. The Hall–Kier alpha value is -1.80. The smallest absolute Gasteiger partial charge is 0.271 e. The molecule has 0 spiro atoms. The van der Waals surface area contributed by atoms with Crippen molar-refractivity contribution >= 4 is 47.7 Å². The number of halogens is 2. The molecule has 4 aromatic rings. The first-order chi connectivity index (χ1) is 12.5. The van der Waals surface area contributed by atoms with Gasteiger partial charge in [-0.3, -0.25) is 9.36 Å². The van der Waals surface area contributed by atoms with Crippen molar-refractivity contribution in [2.24, 2.45) is 0 Å². The van der Waals surface area contributed by atoms with Gasteiger partial charge < -0.3 is 18.1 Å². The Morgan fingerprint density at radius 1 is 1.19 bits per heavy atom. The van der Waals surface area contributed by atoms with Gasteiger partial charge in [0, 0.05) is 15.6 Å². The Morgan fingerprint density at radius 3 is 2.56 bits per heavy atom. The molecular formula is C19H18BrClN4OS. The number of thiophene rings is 1. The van der Waals surface area contributed by atoms with Crippen LogP contribution in [0.4, 0.5) is 0 Å². The minimum absolute atomic E-state index is 0. The lowest BCUT2D eigenvalue weighted by molar-refractivity contribution is -0.369. The highest BCUT2D eigenvalue weighted by Gasteiger charge is 2.18. The molecule has 0 atom stereocenters. The summed E-state index contributed by atoms with van der Waals surface area (Å²) in [6.45, 7) is 5.08. The topological polar surface area (TPSA) is 75.4 Å². The summed E-state index contributed by atoms with van der Waals surface area (Å²) in [5, 5.41) is 0.958. The van der Waals surface area contributed by atoms with Crippen molar-refractivity contribution < 1.29 is 18.1 Å². The first kappa shape index (κ1) is 19.9. The lowest BCUT2D eigenvalue weighted by Crippen LogP contribution is -3.00. The molecule has 3 aromatic heterocycles. The Labute approximate surface area is 174 Å². The number of hydrogen-bond acceptors (Lipinski definition) is 4. The molecule has 0 aliphatic rings. The predicted molar refractivity (Wildman–Crippen MR) is 110 cm³/mol. The van der Waals surface area contributed by atoms with Gasteiger partial charge in [0.15, 0.2) is 0 Å². The quantitative estimate of drug-likeness (QED) is 0.473. The van der Waals surface area contributed by atoms with E-state index in [-0.39, 0.29) is 18.0 Å². The van der Waals surface area contributed by atoms with Crippen LogP contribution in [0.3, 0.4) is 0 Å². The summed E-state index contributed by atoms with van der Waals surface area (Å²) >= 11 is 4.91. The zero-order valence-corrected chi connectivity index (χ0v) is 18.1. The fourth-order valence-electron chi connectivity index (χ4n) is 3.23. The molecule has 0 amide bonds. The highest BCUT2D eigenvalue weighted by atomic mass is 79.9. The molecule has 0 bridgehead atoms. The SMILES string of the molecule is Cc1cc(-c2ccc(Br)cc2)c2c(n1)sc1c(=O)n(CC[NH3+])c(C)nc12.[Cl-]. The summed E-state index contributed by atoms with van der Waals surface area (Å²) in [5.41, 5.74) is 7.68.